The maximum Gasteiger partial charge on any atom is 0.388 e. The van der Waals surface area contributed by atoms with Gasteiger partial charge in [-0.25, -0.2) is 4.98 Å². The van der Waals surface area contributed by atoms with Crippen LogP contribution in [0.4, 0.5) is 0 Å². The van der Waals surface area contributed by atoms with Crippen molar-refractivity contribution in [2.45, 2.75) is 72.1 Å². The van der Waals surface area contributed by atoms with Crippen LogP contribution >= 0.6 is 8.24 Å². The molecule has 0 N–H and O–H groups in total. The number of benzene rings is 3. The number of oxazole rings is 1. The zero-order valence-corrected chi connectivity index (χ0v) is 28.3. The minimum Gasteiger partial charge on any atom is -0.441 e. The van der Waals surface area contributed by atoms with E-state index in [0.717, 1.165) is 51.8 Å². The summed E-state index contributed by atoms with van der Waals surface area (Å²) < 4.78 is 27.0. The van der Waals surface area contributed by atoms with Gasteiger partial charge in [-0.15, -0.1) is 0 Å². The summed E-state index contributed by atoms with van der Waals surface area (Å²) in [5.41, 5.74) is 3.62. The van der Waals surface area contributed by atoms with Gasteiger partial charge in [0.2, 0.25) is 5.89 Å². The highest BCUT2D eigenvalue weighted by molar-refractivity contribution is 7.32. The van der Waals surface area contributed by atoms with E-state index in [-0.39, 0.29) is 11.5 Å². The third-order valence-corrected chi connectivity index (χ3v) is 13.0. The molecule has 1 aliphatic rings. The summed E-state index contributed by atoms with van der Waals surface area (Å²) in [5, 5.41) is 4.73. The van der Waals surface area contributed by atoms with E-state index in [1.54, 1.807) is 0 Å². The molecule has 0 bridgehead atoms. The summed E-state index contributed by atoms with van der Waals surface area (Å²) in [6, 6.07) is 23.2. The van der Waals surface area contributed by atoms with Gasteiger partial charge in [0.25, 0.3) is 0 Å². The number of aromatic nitrogens is 1. The van der Waals surface area contributed by atoms with Gasteiger partial charge in [0.05, 0.1) is 16.1 Å². The average Bonchev–Trinajstić information content (AvgIpc) is 3.24. The molecule has 0 aliphatic heterocycles. The lowest BCUT2D eigenvalue weighted by molar-refractivity contribution is 0.144. The molecule has 2 aromatic heterocycles. The molecule has 1 aliphatic carbocycles. The van der Waals surface area contributed by atoms with E-state index in [4.69, 9.17) is 22.3 Å². The Balaban J connectivity index is 1.58. The lowest BCUT2D eigenvalue weighted by Crippen LogP contribution is -2.38. The maximum atomic E-state index is 6.90. The second kappa shape index (κ2) is 10.2. The van der Waals surface area contributed by atoms with Gasteiger partial charge >= 0.3 is 8.24 Å². The monoisotopic (exact) mass is 601 g/mol. The van der Waals surface area contributed by atoms with Crippen molar-refractivity contribution < 1.29 is 17.3 Å². The molecular formula is C33H40NO4PSi2. The van der Waals surface area contributed by atoms with Crippen molar-refractivity contribution in [1.29, 1.82) is 0 Å². The highest BCUT2D eigenvalue weighted by Crippen LogP contribution is 2.46. The molecule has 0 amide bonds. The van der Waals surface area contributed by atoms with E-state index < -0.39 is 24.4 Å². The molecule has 5 nitrogen and oxygen atoms in total. The predicted molar refractivity (Wildman–Crippen MR) is 176 cm³/mol. The van der Waals surface area contributed by atoms with Crippen LogP contribution in [0, 0.1) is 5.41 Å². The molecule has 0 radical (unpaired) electrons. The number of rotatable bonds is 5. The molecule has 0 fully saturated rings. The summed E-state index contributed by atoms with van der Waals surface area (Å²) in [6.45, 7) is 18.7. The van der Waals surface area contributed by atoms with Crippen molar-refractivity contribution in [2.24, 2.45) is 5.41 Å². The van der Waals surface area contributed by atoms with Crippen LogP contribution in [0.1, 0.15) is 37.8 Å². The van der Waals surface area contributed by atoms with Crippen molar-refractivity contribution in [2.75, 3.05) is 0 Å². The Kier molecular flexibility index (Phi) is 7.01. The Morgan fingerprint density at radius 2 is 1.34 bits per heavy atom. The van der Waals surface area contributed by atoms with Crippen LogP contribution in [0.5, 0.6) is 0 Å². The second-order valence-corrected chi connectivity index (χ2v) is 25.2. The van der Waals surface area contributed by atoms with Crippen LogP contribution in [0.3, 0.4) is 0 Å². The summed E-state index contributed by atoms with van der Waals surface area (Å²) in [4.78, 5) is 4.98. The largest absolute Gasteiger partial charge is 0.441 e. The molecule has 0 saturated carbocycles. The minimum absolute atomic E-state index is 0.0187. The number of hydrogen-bond acceptors (Lipinski definition) is 5. The van der Waals surface area contributed by atoms with Gasteiger partial charge in [-0.2, -0.15) is 0 Å². The molecule has 1 atom stereocenters. The van der Waals surface area contributed by atoms with Gasteiger partial charge in [-0.1, -0.05) is 108 Å². The van der Waals surface area contributed by atoms with Crippen molar-refractivity contribution in [3.05, 3.63) is 78.2 Å². The van der Waals surface area contributed by atoms with E-state index in [2.05, 4.69) is 89.5 Å². The summed E-state index contributed by atoms with van der Waals surface area (Å²) in [7, 11) is -5.26. The lowest BCUT2D eigenvalue weighted by atomic mass is 9.77. The quantitative estimate of drug-likeness (QED) is 0.188. The van der Waals surface area contributed by atoms with Gasteiger partial charge in [0, 0.05) is 22.8 Å². The SMILES string of the molecule is CC1(C)Cc2oc(-c3ccccc3)nc2[C@@H](Op2oc3c([Si](C)(C)C)cccc3c3cccc([Si](C)(C)C)c3o2)C1. The van der Waals surface area contributed by atoms with Gasteiger partial charge in [0.1, 0.15) is 28.7 Å². The number of hydrogen-bond donors (Lipinski definition) is 0. The third kappa shape index (κ3) is 5.53. The van der Waals surface area contributed by atoms with Crippen LogP contribution in [0.2, 0.25) is 39.3 Å². The first kappa shape index (κ1) is 28.3. The van der Waals surface area contributed by atoms with Gasteiger partial charge < -0.3 is 12.8 Å². The first-order valence-corrected chi connectivity index (χ1v) is 22.5. The Morgan fingerprint density at radius 3 is 1.88 bits per heavy atom. The molecule has 2 heterocycles. The van der Waals surface area contributed by atoms with E-state index in [1.165, 1.54) is 10.4 Å². The zero-order chi connectivity index (χ0) is 29.2. The maximum absolute atomic E-state index is 6.90. The molecular weight excluding hydrogens is 562 g/mol. The van der Waals surface area contributed by atoms with Crippen molar-refractivity contribution in [3.8, 4) is 11.5 Å². The van der Waals surface area contributed by atoms with Gasteiger partial charge in [-0.3, -0.25) is 4.52 Å². The normalized spacial score (nSPS) is 17.1. The lowest BCUT2D eigenvalue weighted by Gasteiger charge is -2.32. The molecule has 214 valence electrons. The Bertz CT molecular complexity index is 1700. The Labute approximate surface area is 245 Å². The van der Waals surface area contributed by atoms with Crippen LogP contribution < -0.4 is 14.9 Å². The summed E-state index contributed by atoms with van der Waals surface area (Å²) in [6.07, 6.45) is 1.31. The van der Waals surface area contributed by atoms with E-state index >= 15 is 0 Å². The fraction of sp³-hybridized carbons (Fsp3) is 0.364. The molecule has 0 saturated heterocycles. The fourth-order valence-corrected chi connectivity index (χ4v) is 10.1. The first-order valence-electron chi connectivity index (χ1n) is 14.5. The van der Waals surface area contributed by atoms with Crippen molar-refractivity contribution >= 4 is 56.7 Å². The standard InChI is InChI=1S/C33H40NO4PSi2/c1-33(2)20-25-29(34-32(35-25)22-14-10-9-11-15-22)26(21-33)36-39-37-30-23(16-12-18-27(30)40(3,4)5)24-17-13-19-28(31(24)38-39)41(6,7)8/h9-19,26H,20-21H2,1-8H3/t26-/m0/s1. The highest BCUT2D eigenvalue weighted by atomic mass is 31.1. The van der Waals surface area contributed by atoms with E-state index in [9.17, 15) is 0 Å². The van der Waals surface area contributed by atoms with Crippen LogP contribution in [0.25, 0.3) is 33.4 Å². The predicted octanol–water partition coefficient (Wildman–Crippen LogP) is 9.18. The summed E-state index contributed by atoms with van der Waals surface area (Å²) >= 11 is 0. The number of fused-ring (bicyclic) bond motifs is 4. The smallest absolute Gasteiger partial charge is 0.388 e. The molecule has 0 spiro atoms. The second-order valence-electron chi connectivity index (χ2n) is 14.1. The Hall–Kier alpha value is -2.84. The molecule has 41 heavy (non-hydrogen) atoms. The first-order chi connectivity index (χ1) is 19.3. The van der Waals surface area contributed by atoms with E-state index in [0.29, 0.717) is 5.89 Å². The van der Waals surface area contributed by atoms with Crippen LogP contribution in [-0.4, -0.2) is 21.1 Å². The van der Waals surface area contributed by atoms with Crippen molar-refractivity contribution in [1.82, 2.24) is 4.98 Å². The van der Waals surface area contributed by atoms with E-state index in [1.807, 2.05) is 30.3 Å². The highest BCUT2D eigenvalue weighted by Gasteiger charge is 2.39. The Morgan fingerprint density at radius 1 is 0.780 bits per heavy atom. The van der Waals surface area contributed by atoms with Gasteiger partial charge in [0.15, 0.2) is 0 Å². The topological polar surface area (TPSA) is 61.5 Å². The molecule has 5 aromatic rings. The average molecular weight is 602 g/mol. The molecule has 3 aromatic carbocycles. The number of nitrogens with zero attached hydrogens (tertiary/aromatic N) is 1. The van der Waals surface area contributed by atoms with Gasteiger partial charge in [-0.05, 0) is 34.3 Å². The van der Waals surface area contributed by atoms with Crippen molar-refractivity contribution in [3.63, 3.8) is 0 Å². The summed E-state index contributed by atoms with van der Waals surface area (Å²) in [5.74, 6) is 1.52. The fourth-order valence-electron chi connectivity index (χ4n) is 5.83. The zero-order valence-electron chi connectivity index (χ0n) is 25.4. The van der Waals surface area contributed by atoms with Crippen LogP contribution in [0.15, 0.2) is 79.5 Å². The number of para-hydroxylation sites is 2. The third-order valence-electron chi connectivity index (χ3n) is 7.91. The molecule has 6 rings (SSSR count). The van der Waals surface area contributed by atoms with Crippen LogP contribution in [-0.2, 0) is 6.42 Å². The minimum atomic E-state index is -1.77. The molecule has 0 unspecified atom stereocenters. The molecule has 8 heteroatoms.